The first-order chi connectivity index (χ1) is 10.6. The fraction of sp³-hybridized carbons (Fsp3) is 0.143. The minimum absolute atomic E-state index is 0.211. The lowest BCUT2D eigenvalue weighted by Gasteiger charge is -2.06. The molecule has 0 spiro atoms. The van der Waals surface area contributed by atoms with Crippen molar-refractivity contribution in [1.82, 2.24) is 10.3 Å². The first kappa shape index (κ1) is 15.6. The van der Waals surface area contributed by atoms with E-state index in [0.29, 0.717) is 0 Å². The molecule has 114 valence electrons. The molecule has 8 heteroatoms. The molecular formula is C14H13N3O4S. The molecule has 0 aliphatic heterocycles. The molecule has 0 unspecified atom stereocenters. The number of rotatable bonds is 4. The van der Waals surface area contributed by atoms with E-state index in [9.17, 15) is 14.4 Å². The summed E-state index contributed by atoms with van der Waals surface area (Å²) in [7, 11) is 1.25. The number of nitrogens with zero attached hydrogens (tertiary/aromatic N) is 1. The van der Waals surface area contributed by atoms with E-state index in [4.69, 9.17) is 0 Å². The Bertz CT molecular complexity index is 684. The van der Waals surface area contributed by atoms with Gasteiger partial charge < -0.3 is 15.4 Å². The highest BCUT2D eigenvalue weighted by Gasteiger charge is 2.19. The smallest absolute Gasteiger partial charge is 0.350 e. The summed E-state index contributed by atoms with van der Waals surface area (Å²) >= 11 is 1.12. The minimum atomic E-state index is -0.849. The van der Waals surface area contributed by atoms with Crippen molar-refractivity contribution < 1.29 is 19.1 Å². The fourth-order valence-electron chi connectivity index (χ4n) is 1.60. The highest BCUT2D eigenvalue weighted by molar-refractivity contribution is 7.12. The van der Waals surface area contributed by atoms with Crippen molar-refractivity contribution in [2.24, 2.45) is 0 Å². The second kappa shape index (κ2) is 7.32. The highest BCUT2D eigenvalue weighted by Crippen LogP contribution is 2.22. The number of anilines is 1. The maximum atomic E-state index is 11.8. The zero-order valence-electron chi connectivity index (χ0n) is 11.7. The number of aromatic nitrogens is 1. The summed E-state index contributed by atoms with van der Waals surface area (Å²) in [5, 5.41) is 6.49. The van der Waals surface area contributed by atoms with Crippen LogP contribution < -0.4 is 10.6 Å². The molecule has 2 aromatic rings. The van der Waals surface area contributed by atoms with Gasteiger partial charge in [-0.15, -0.1) is 11.3 Å². The minimum Gasteiger partial charge on any atom is -0.465 e. The molecule has 0 aromatic carbocycles. The van der Waals surface area contributed by atoms with Crippen LogP contribution in [0.3, 0.4) is 0 Å². The normalized spacial score (nSPS) is 9.86. The number of ether oxygens (including phenoxy) is 1. The van der Waals surface area contributed by atoms with Crippen LogP contribution in [0.2, 0.25) is 0 Å². The molecule has 0 aliphatic carbocycles. The Hall–Kier alpha value is -2.74. The lowest BCUT2D eigenvalue weighted by Crippen LogP contribution is -2.35. The van der Waals surface area contributed by atoms with Crippen LogP contribution in [0.15, 0.2) is 36.0 Å². The van der Waals surface area contributed by atoms with Crippen LogP contribution in [-0.2, 0) is 20.9 Å². The zero-order valence-corrected chi connectivity index (χ0v) is 12.5. The van der Waals surface area contributed by atoms with Gasteiger partial charge >= 0.3 is 17.8 Å². The van der Waals surface area contributed by atoms with Crippen LogP contribution in [0.1, 0.15) is 15.2 Å². The number of esters is 1. The predicted molar refractivity (Wildman–Crippen MR) is 80.4 cm³/mol. The van der Waals surface area contributed by atoms with Gasteiger partial charge in [0.1, 0.15) is 4.88 Å². The molecule has 2 N–H and O–H groups in total. The number of hydrogen-bond acceptors (Lipinski definition) is 6. The largest absolute Gasteiger partial charge is 0.465 e. The van der Waals surface area contributed by atoms with Gasteiger partial charge in [0, 0.05) is 18.9 Å². The number of hydrogen-bond donors (Lipinski definition) is 2. The lowest BCUT2D eigenvalue weighted by atomic mass is 10.3. The molecule has 0 atom stereocenters. The summed E-state index contributed by atoms with van der Waals surface area (Å²) < 4.78 is 4.60. The van der Waals surface area contributed by atoms with Crippen molar-refractivity contribution in [2.45, 2.75) is 6.54 Å². The molecule has 0 saturated carbocycles. The Morgan fingerprint density at radius 2 is 1.91 bits per heavy atom. The maximum Gasteiger partial charge on any atom is 0.350 e. The van der Waals surface area contributed by atoms with Gasteiger partial charge in [-0.25, -0.2) is 4.79 Å². The van der Waals surface area contributed by atoms with Crippen LogP contribution in [0, 0.1) is 0 Å². The number of pyridine rings is 1. The number of nitrogens with one attached hydrogen (secondary N) is 2. The number of amides is 2. The second-order valence-corrected chi connectivity index (χ2v) is 5.06. The van der Waals surface area contributed by atoms with Crippen molar-refractivity contribution in [2.75, 3.05) is 12.4 Å². The summed E-state index contributed by atoms with van der Waals surface area (Å²) in [6.07, 6.45) is 3.19. The molecule has 2 rings (SSSR count). The van der Waals surface area contributed by atoms with E-state index in [0.717, 1.165) is 16.9 Å². The predicted octanol–water partition coefficient (Wildman–Crippen LogP) is 1.18. The maximum absolute atomic E-state index is 11.8. The Balaban J connectivity index is 1.93. The van der Waals surface area contributed by atoms with E-state index in [1.165, 1.54) is 13.2 Å². The van der Waals surface area contributed by atoms with E-state index < -0.39 is 17.8 Å². The van der Waals surface area contributed by atoms with E-state index in [2.05, 4.69) is 20.4 Å². The Morgan fingerprint density at radius 1 is 1.18 bits per heavy atom. The SMILES string of the molecule is COC(=O)c1sccc1NC(=O)C(=O)NCc1ccncc1. The standard InChI is InChI=1S/C14H13N3O4S/c1-21-14(20)11-10(4-7-22-11)17-13(19)12(18)16-8-9-2-5-15-6-3-9/h2-7H,8H2,1H3,(H,16,18)(H,17,19). The summed E-state index contributed by atoms with van der Waals surface area (Å²) in [6, 6.07) is 4.99. The quantitative estimate of drug-likeness (QED) is 0.651. The van der Waals surface area contributed by atoms with E-state index in [1.54, 1.807) is 29.9 Å². The molecule has 2 amide bonds. The van der Waals surface area contributed by atoms with Gasteiger partial charge in [0.25, 0.3) is 0 Å². The van der Waals surface area contributed by atoms with Crippen LogP contribution in [0.25, 0.3) is 0 Å². The third-order valence-corrected chi connectivity index (χ3v) is 3.59. The monoisotopic (exact) mass is 319 g/mol. The number of carbonyl (C=O) groups excluding carboxylic acids is 3. The van der Waals surface area contributed by atoms with E-state index >= 15 is 0 Å². The van der Waals surface area contributed by atoms with Gasteiger partial charge in [-0.2, -0.15) is 0 Å². The summed E-state index contributed by atoms with van der Waals surface area (Å²) in [6.45, 7) is 0.211. The lowest BCUT2D eigenvalue weighted by molar-refractivity contribution is -0.136. The third kappa shape index (κ3) is 3.89. The molecule has 2 aromatic heterocycles. The molecule has 0 fully saturated rings. The number of thiophene rings is 1. The van der Waals surface area contributed by atoms with Crippen LogP contribution >= 0.6 is 11.3 Å². The molecular weight excluding hydrogens is 306 g/mol. The van der Waals surface area contributed by atoms with Crippen LogP contribution in [0.4, 0.5) is 5.69 Å². The van der Waals surface area contributed by atoms with Crippen molar-refractivity contribution in [1.29, 1.82) is 0 Å². The van der Waals surface area contributed by atoms with Crippen LogP contribution in [0.5, 0.6) is 0 Å². The average molecular weight is 319 g/mol. The van der Waals surface area contributed by atoms with Gasteiger partial charge in [0.2, 0.25) is 0 Å². The van der Waals surface area contributed by atoms with Crippen molar-refractivity contribution in [3.63, 3.8) is 0 Å². The second-order valence-electron chi connectivity index (χ2n) is 4.15. The van der Waals surface area contributed by atoms with Crippen LogP contribution in [-0.4, -0.2) is 29.9 Å². The molecule has 0 aliphatic rings. The molecule has 0 saturated heterocycles. The Labute approximate surface area is 130 Å². The van der Waals surface area contributed by atoms with E-state index in [1.807, 2.05) is 0 Å². The molecule has 0 bridgehead atoms. The van der Waals surface area contributed by atoms with Crippen molar-refractivity contribution in [3.05, 3.63) is 46.4 Å². The first-order valence-electron chi connectivity index (χ1n) is 6.25. The number of carbonyl (C=O) groups is 3. The first-order valence-corrected chi connectivity index (χ1v) is 7.13. The van der Waals surface area contributed by atoms with Gasteiger partial charge in [-0.05, 0) is 29.1 Å². The van der Waals surface area contributed by atoms with Gasteiger partial charge in [0.05, 0.1) is 12.8 Å². The molecule has 2 heterocycles. The fourth-order valence-corrected chi connectivity index (χ4v) is 2.37. The Kier molecular flexibility index (Phi) is 5.21. The summed E-state index contributed by atoms with van der Waals surface area (Å²) in [4.78, 5) is 39.1. The summed E-state index contributed by atoms with van der Waals surface area (Å²) in [5.41, 5.74) is 1.07. The van der Waals surface area contributed by atoms with Gasteiger partial charge in [0.15, 0.2) is 0 Å². The third-order valence-electron chi connectivity index (χ3n) is 2.69. The van der Waals surface area contributed by atoms with Gasteiger partial charge in [-0.3, -0.25) is 14.6 Å². The topological polar surface area (TPSA) is 97.4 Å². The van der Waals surface area contributed by atoms with E-state index in [-0.39, 0.29) is 17.1 Å². The average Bonchev–Trinajstić information content (AvgIpc) is 3.00. The van der Waals surface area contributed by atoms with Crippen molar-refractivity contribution >= 4 is 34.8 Å². The zero-order chi connectivity index (χ0) is 15.9. The van der Waals surface area contributed by atoms with Crippen molar-refractivity contribution in [3.8, 4) is 0 Å². The molecule has 0 radical (unpaired) electrons. The molecule has 7 nitrogen and oxygen atoms in total. The van der Waals surface area contributed by atoms with Gasteiger partial charge in [-0.1, -0.05) is 0 Å². The highest BCUT2D eigenvalue weighted by atomic mass is 32.1. The number of methoxy groups -OCH3 is 1. The Morgan fingerprint density at radius 3 is 2.59 bits per heavy atom. The molecule has 22 heavy (non-hydrogen) atoms. The summed E-state index contributed by atoms with van der Waals surface area (Å²) in [5.74, 6) is -2.21.